The van der Waals surface area contributed by atoms with Gasteiger partial charge in [0.2, 0.25) is 0 Å². The molecule has 2 aromatic rings. The number of carbonyl (C=O) groups is 3. The van der Waals surface area contributed by atoms with Crippen molar-refractivity contribution in [1.29, 1.82) is 0 Å². The van der Waals surface area contributed by atoms with Gasteiger partial charge in [-0.05, 0) is 31.2 Å². The van der Waals surface area contributed by atoms with E-state index >= 15 is 0 Å². The predicted molar refractivity (Wildman–Crippen MR) is 113 cm³/mol. The first kappa shape index (κ1) is 20.9. The first-order chi connectivity index (χ1) is 15.0. The minimum atomic E-state index is -0.794. The van der Waals surface area contributed by atoms with Crippen LogP contribution in [0.1, 0.15) is 17.3 Å². The van der Waals surface area contributed by atoms with Crippen molar-refractivity contribution in [2.75, 3.05) is 44.4 Å². The molecule has 8 nitrogen and oxygen atoms in total. The molecule has 8 heteroatoms. The summed E-state index contributed by atoms with van der Waals surface area (Å²) in [6.07, 6.45) is -0.794. The Kier molecular flexibility index (Phi) is 6.18. The van der Waals surface area contributed by atoms with Crippen LogP contribution in [-0.2, 0) is 14.3 Å². The number of ketones is 1. The molecule has 0 aromatic heterocycles. The molecule has 2 aliphatic heterocycles. The molecule has 1 atom stereocenters. The lowest BCUT2D eigenvalue weighted by molar-refractivity contribution is -0.142. The Morgan fingerprint density at radius 1 is 1.06 bits per heavy atom. The molecule has 2 heterocycles. The highest BCUT2D eigenvalue weighted by Crippen LogP contribution is 2.33. The van der Waals surface area contributed by atoms with Gasteiger partial charge in [-0.15, -0.1) is 0 Å². The van der Waals surface area contributed by atoms with E-state index in [1.54, 1.807) is 47.4 Å². The van der Waals surface area contributed by atoms with Crippen LogP contribution in [0.5, 0.6) is 11.5 Å². The zero-order chi connectivity index (χ0) is 21.8. The molecule has 2 amide bonds. The second kappa shape index (κ2) is 9.18. The molecule has 0 N–H and O–H groups in total. The van der Waals surface area contributed by atoms with Crippen molar-refractivity contribution in [1.82, 2.24) is 4.90 Å². The number of benzene rings is 2. The highest BCUT2D eigenvalue weighted by atomic mass is 16.5. The lowest BCUT2D eigenvalue weighted by Crippen LogP contribution is -2.54. The fourth-order valence-corrected chi connectivity index (χ4v) is 3.61. The van der Waals surface area contributed by atoms with E-state index in [0.717, 1.165) is 0 Å². The second-order valence-corrected chi connectivity index (χ2v) is 7.39. The fraction of sp³-hybridized carbons (Fsp3) is 0.348. The van der Waals surface area contributed by atoms with Crippen LogP contribution in [0.2, 0.25) is 0 Å². The van der Waals surface area contributed by atoms with Gasteiger partial charge in [0.1, 0.15) is 11.5 Å². The standard InChI is InChI=1S/C23H24N2O6/c1-16(26)17-5-4-6-18(13-17)30-15-22(27)25-14-21(23(28)24-9-11-29-12-10-24)31-20-8-3-2-7-19(20)25/h2-8,13,21H,9-12,14-15H2,1H3. The molecule has 31 heavy (non-hydrogen) atoms. The van der Waals surface area contributed by atoms with Gasteiger partial charge in [0.15, 0.2) is 18.5 Å². The van der Waals surface area contributed by atoms with E-state index in [4.69, 9.17) is 14.2 Å². The highest BCUT2D eigenvalue weighted by molar-refractivity contribution is 5.98. The molecule has 162 valence electrons. The lowest BCUT2D eigenvalue weighted by atomic mass is 10.1. The Hall–Kier alpha value is -3.39. The van der Waals surface area contributed by atoms with Gasteiger partial charge in [-0.2, -0.15) is 0 Å². The van der Waals surface area contributed by atoms with Crippen LogP contribution in [0.15, 0.2) is 48.5 Å². The van der Waals surface area contributed by atoms with Crippen LogP contribution >= 0.6 is 0 Å². The third kappa shape index (κ3) is 4.69. The van der Waals surface area contributed by atoms with E-state index < -0.39 is 6.10 Å². The van der Waals surface area contributed by atoms with Crippen LogP contribution in [0.3, 0.4) is 0 Å². The molecule has 1 saturated heterocycles. The number of amides is 2. The van der Waals surface area contributed by atoms with Crippen molar-refractivity contribution in [3.8, 4) is 11.5 Å². The summed E-state index contributed by atoms with van der Waals surface area (Å²) in [5, 5.41) is 0. The molecule has 2 aliphatic rings. The number of morpholine rings is 1. The third-order valence-corrected chi connectivity index (χ3v) is 5.28. The van der Waals surface area contributed by atoms with Crippen molar-refractivity contribution in [2.45, 2.75) is 13.0 Å². The SMILES string of the molecule is CC(=O)c1cccc(OCC(=O)N2CC(C(=O)N3CCOCC3)Oc3ccccc32)c1. The summed E-state index contributed by atoms with van der Waals surface area (Å²) in [7, 11) is 0. The maximum Gasteiger partial charge on any atom is 0.265 e. The van der Waals surface area contributed by atoms with Crippen LogP contribution < -0.4 is 14.4 Å². The normalized spacial score (nSPS) is 18.0. The van der Waals surface area contributed by atoms with Gasteiger partial charge in [0, 0.05) is 18.7 Å². The molecule has 1 fully saturated rings. The molecule has 0 spiro atoms. The second-order valence-electron chi connectivity index (χ2n) is 7.39. The van der Waals surface area contributed by atoms with Gasteiger partial charge in [0.05, 0.1) is 25.4 Å². The maximum atomic E-state index is 13.0. The monoisotopic (exact) mass is 424 g/mol. The van der Waals surface area contributed by atoms with E-state index in [1.165, 1.54) is 11.8 Å². The van der Waals surface area contributed by atoms with E-state index in [9.17, 15) is 14.4 Å². The van der Waals surface area contributed by atoms with E-state index in [2.05, 4.69) is 0 Å². The Morgan fingerprint density at radius 3 is 2.61 bits per heavy atom. The minimum absolute atomic E-state index is 0.0802. The Balaban J connectivity index is 1.49. The molecule has 1 unspecified atom stereocenters. The molecular weight excluding hydrogens is 400 g/mol. The molecule has 0 radical (unpaired) electrons. The van der Waals surface area contributed by atoms with E-state index in [0.29, 0.717) is 49.1 Å². The summed E-state index contributed by atoms with van der Waals surface area (Å²) in [5.74, 6) is 0.369. The topological polar surface area (TPSA) is 85.4 Å². The van der Waals surface area contributed by atoms with Crippen LogP contribution in [0.4, 0.5) is 5.69 Å². The summed E-state index contributed by atoms with van der Waals surface area (Å²) >= 11 is 0. The van der Waals surface area contributed by atoms with Crippen LogP contribution in [0, 0.1) is 0 Å². The maximum absolute atomic E-state index is 13.0. The summed E-state index contributed by atoms with van der Waals surface area (Å²) in [6, 6.07) is 13.8. The average molecular weight is 424 g/mol. The number of anilines is 1. The summed E-state index contributed by atoms with van der Waals surface area (Å²) in [4.78, 5) is 40.8. The van der Waals surface area contributed by atoms with E-state index in [1.807, 2.05) is 6.07 Å². The van der Waals surface area contributed by atoms with Crippen molar-refractivity contribution >= 4 is 23.3 Å². The summed E-state index contributed by atoms with van der Waals surface area (Å²) in [5.41, 5.74) is 1.11. The highest BCUT2D eigenvalue weighted by Gasteiger charge is 2.36. The quantitative estimate of drug-likeness (QED) is 0.682. The number of Topliss-reactive ketones (excluding diaryl/α,β-unsaturated/α-hetero) is 1. The number of fused-ring (bicyclic) bond motifs is 1. The predicted octanol–water partition coefficient (Wildman–Crippen LogP) is 1.92. The summed E-state index contributed by atoms with van der Waals surface area (Å²) < 4.78 is 16.9. The van der Waals surface area contributed by atoms with Crippen molar-refractivity contribution in [3.05, 3.63) is 54.1 Å². The first-order valence-electron chi connectivity index (χ1n) is 10.2. The van der Waals surface area contributed by atoms with Gasteiger partial charge >= 0.3 is 0 Å². The van der Waals surface area contributed by atoms with Gasteiger partial charge < -0.3 is 24.0 Å². The number of hydrogen-bond acceptors (Lipinski definition) is 6. The van der Waals surface area contributed by atoms with Crippen LogP contribution in [0.25, 0.3) is 0 Å². The zero-order valence-electron chi connectivity index (χ0n) is 17.3. The smallest absolute Gasteiger partial charge is 0.265 e. The average Bonchev–Trinajstić information content (AvgIpc) is 2.82. The molecule has 0 bridgehead atoms. The molecular formula is C23H24N2O6. The number of rotatable bonds is 5. The molecule has 2 aromatic carbocycles. The number of para-hydroxylation sites is 2. The largest absolute Gasteiger partial charge is 0.484 e. The minimum Gasteiger partial charge on any atom is -0.484 e. The Morgan fingerprint density at radius 2 is 1.84 bits per heavy atom. The van der Waals surface area contributed by atoms with Crippen molar-refractivity contribution in [2.24, 2.45) is 0 Å². The van der Waals surface area contributed by atoms with Crippen LogP contribution in [-0.4, -0.2) is 68.1 Å². The first-order valence-corrected chi connectivity index (χ1v) is 10.2. The Labute approximate surface area is 180 Å². The third-order valence-electron chi connectivity index (χ3n) is 5.28. The number of carbonyl (C=O) groups excluding carboxylic acids is 3. The molecule has 0 aliphatic carbocycles. The molecule has 0 saturated carbocycles. The van der Waals surface area contributed by atoms with Crippen molar-refractivity contribution in [3.63, 3.8) is 0 Å². The van der Waals surface area contributed by atoms with Gasteiger partial charge in [-0.3, -0.25) is 14.4 Å². The number of hydrogen-bond donors (Lipinski definition) is 0. The van der Waals surface area contributed by atoms with E-state index in [-0.39, 0.29) is 30.7 Å². The summed E-state index contributed by atoms with van der Waals surface area (Å²) in [6.45, 7) is 3.33. The Bertz CT molecular complexity index is 986. The molecule has 4 rings (SSSR count). The van der Waals surface area contributed by atoms with Gasteiger partial charge in [-0.25, -0.2) is 0 Å². The van der Waals surface area contributed by atoms with Gasteiger partial charge in [0.25, 0.3) is 11.8 Å². The number of nitrogens with zero attached hydrogens (tertiary/aromatic N) is 2. The fourth-order valence-electron chi connectivity index (χ4n) is 3.61. The zero-order valence-corrected chi connectivity index (χ0v) is 17.3. The van der Waals surface area contributed by atoms with Crippen molar-refractivity contribution < 1.29 is 28.6 Å². The van der Waals surface area contributed by atoms with Gasteiger partial charge in [-0.1, -0.05) is 24.3 Å². The lowest BCUT2D eigenvalue weighted by Gasteiger charge is -2.37. The number of ether oxygens (including phenoxy) is 3.